The van der Waals surface area contributed by atoms with Crippen molar-refractivity contribution in [2.24, 2.45) is 0 Å². The van der Waals surface area contributed by atoms with E-state index in [9.17, 15) is 9.59 Å². The first-order valence-corrected chi connectivity index (χ1v) is 8.20. The molecule has 1 aromatic rings. The van der Waals surface area contributed by atoms with Crippen LogP contribution in [0, 0.1) is 0 Å². The summed E-state index contributed by atoms with van der Waals surface area (Å²) in [5.41, 5.74) is 0.591. The van der Waals surface area contributed by atoms with Crippen LogP contribution in [0.5, 0.6) is 5.75 Å². The lowest BCUT2D eigenvalue weighted by Crippen LogP contribution is -2.42. The van der Waals surface area contributed by atoms with E-state index in [1.807, 2.05) is 0 Å². The van der Waals surface area contributed by atoms with Crippen LogP contribution in [0.15, 0.2) is 24.3 Å². The maximum absolute atomic E-state index is 12.1. The minimum absolute atomic E-state index is 0.0479. The van der Waals surface area contributed by atoms with E-state index in [4.69, 9.17) is 14.2 Å². The number of rotatable bonds is 9. The Hall–Kier alpha value is -2.44. The third kappa shape index (κ3) is 6.76. The second kappa shape index (κ2) is 11.2. The van der Waals surface area contributed by atoms with Gasteiger partial charge >= 0.3 is 12.2 Å². The summed E-state index contributed by atoms with van der Waals surface area (Å²) in [6.07, 6.45) is 0.911. The number of ether oxygens (including phenoxy) is 3. The van der Waals surface area contributed by atoms with Crippen molar-refractivity contribution in [1.29, 1.82) is 0 Å². The summed E-state index contributed by atoms with van der Waals surface area (Å²) in [6, 6.07) is 7.04. The second-order valence-electron chi connectivity index (χ2n) is 4.88. The molecule has 0 aromatic heterocycles. The molecule has 2 amide bonds. The molecule has 0 aliphatic carbocycles. The van der Waals surface area contributed by atoms with Gasteiger partial charge in [0.1, 0.15) is 12.4 Å². The fourth-order valence-electron chi connectivity index (χ4n) is 1.85. The number of nitrogens with zero attached hydrogens (tertiary/aromatic N) is 1. The molecule has 0 saturated heterocycles. The lowest BCUT2D eigenvalue weighted by atomic mass is 10.3. The van der Waals surface area contributed by atoms with E-state index < -0.39 is 12.2 Å². The highest BCUT2D eigenvalue weighted by Gasteiger charge is 2.18. The van der Waals surface area contributed by atoms with Crippen LogP contribution in [-0.2, 0) is 9.47 Å². The Kier molecular flexibility index (Phi) is 9.11. The van der Waals surface area contributed by atoms with Gasteiger partial charge in [0.15, 0.2) is 0 Å². The van der Waals surface area contributed by atoms with Gasteiger partial charge in [-0.15, -0.1) is 0 Å². The van der Waals surface area contributed by atoms with Crippen LogP contribution in [0.2, 0.25) is 0 Å². The smallest absolute Gasteiger partial charge is 0.415 e. The normalized spacial score (nSPS) is 9.96. The lowest BCUT2D eigenvalue weighted by molar-refractivity contribution is 0.148. The van der Waals surface area contributed by atoms with Crippen LogP contribution >= 0.6 is 0 Å². The van der Waals surface area contributed by atoms with Gasteiger partial charge in [-0.25, -0.2) is 9.59 Å². The maximum Gasteiger partial charge on any atom is 0.415 e. The van der Waals surface area contributed by atoms with Gasteiger partial charge in [-0.05, 0) is 44.5 Å². The van der Waals surface area contributed by atoms with Gasteiger partial charge < -0.3 is 19.5 Å². The first-order valence-electron chi connectivity index (χ1n) is 8.20. The van der Waals surface area contributed by atoms with Crippen LogP contribution in [-0.4, -0.2) is 38.7 Å². The highest BCUT2D eigenvalue weighted by atomic mass is 16.6. The van der Waals surface area contributed by atoms with Crippen LogP contribution in [0.1, 0.15) is 33.6 Å². The van der Waals surface area contributed by atoms with E-state index in [1.165, 1.54) is 4.90 Å². The molecule has 1 aromatic carbocycles. The number of amides is 2. The van der Waals surface area contributed by atoms with Crippen LogP contribution < -0.4 is 15.0 Å². The largest absolute Gasteiger partial charge is 0.494 e. The molecular formula is C17H26N2O5. The standard InChI is InChI=1S/C17H26N2O5/c1-4-7-12-24-15-10-8-14(9-11-15)19(17(21)23-6-3)13-18-16(20)22-5-2/h8-11H,4-7,12-13H2,1-3H3,(H,18,20). The molecule has 0 heterocycles. The molecule has 0 radical (unpaired) electrons. The summed E-state index contributed by atoms with van der Waals surface area (Å²) in [4.78, 5) is 24.8. The first kappa shape index (κ1) is 19.6. The lowest BCUT2D eigenvalue weighted by Gasteiger charge is -2.22. The number of benzene rings is 1. The summed E-state index contributed by atoms with van der Waals surface area (Å²) in [6.45, 7) is 6.64. The number of carbonyl (C=O) groups is 2. The van der Waals surface area contributed by atoms with Gasteiger partial charge in [0.05, 0.1) is 19.8 Å². The Morgan fingerprint density at radius 3 is 2.29 bits per heavy atom. The summed E-state index contributed by atoms with van der Waals surface area (Å²) in [5.74, 6) is 0.731. The zero-order valence-corrected chi connectivity index (χ0v) is 14.5. The van der Waals surface area contributed by atoms with Gasteiger partial charge in [0.25, 0.3) is 0 Å². The fourth-order valence-corrected chi connectivity index (χ4v) is 1.85. The Balaban J connectivity index is 2.74. The average molecular weight is 338 g/mol. The zero-order chi connectivity index (χ0) is 17.8. The van der Waals surface area contributed by atoms with E-state index in [2.05, 4.69) is 12.2 Å². The molecule has 0 spiro atoms. The second-order valence-corrected chi connectivity index (χ2v) is 4.88. The van der Waals surface area contributed by atoms with E-state index >= 15 is 0 Å². The van der Waals surface area contributed by atoms with Crippen molar-refractivity contribution in [3.8, 4) is 5.75 Å². The quantitative estimate of drug-likeness (QED) is 0.550. The van der Waals surface area contributed by atoms with Gasteiger partial charge in [-0.2, -0.15) is 0 Å². The predicted molar refractivity (Wildman–Crippen MR) is 91.4 cm³/mol. The topological polar surface area (TPSA) is 77.1 Å². The average Bonchev–Trinajstić information content (AvgIpc) is 2.57. The summed E-state index contributed by atoms with van der Waals surface area (Å²) in [7, 11) is 0. The van der Waals surface area contributed by atoms with Crippen LogP contribution in [0.3, 0.4) is 0 Å². The van der Waals surface area contributed by atoms with Crippen molar-refractivity contribution in [2.45, 2.75) is 33.6 Å². The van der Waals surface area contributed by atoms with E-state index in [0.29, 0.717) is 12.3 Å². The molecule has 0 unspecified atom stereocenters. The Morgan fingerprint density at radius 1 is 1.04 bits per heavy atom. The number of anilines is 1. The number of nitrogens with one attached hydrogen (secondary N) is 1. The molecule has 134 valence electrons. The molecular weight excluding hydrogens is 312 g/mol. The predicted octanol–water partition coefficient (Wildman–Crippen LogP) is 3.53. The molecule has 7 nitrogen and oxygen atoms in total. The Labute approximate surface area is 142 Å². The van der Waals surface area contributed by atoms with E-state index in [0.717, 1.165) is 18.6 Å². The molecule has 0 fully saturated rings. The summed E-state index contributed by atoms with van der Waals surface area (Å²) < 4.78 is 15.4. The zero-order valence-electron chi connectivity index (χ0n) is 14.5. The van der Waals surface area contributed by atoms with Crippen molar-refractivity contribution in [2.75, 3.05) is 31.4 Å². The summed E-state index contributed by atoms with van der Waals surface area (Å²) in [5, 5.41) is 2.51. The molecule has 0 bridgehead atoms. The van der Waals surface area contributed by atoms with Crippen molar-refractivity contribution < 1.29 is 23.8 Å². The number of unbranched alkanes of at least 4 members (excludes halogenated alkanes) is 1. The molecule has 24 heavy (non-hydrogen) atoms. The Bertz CT molecular complexity index is 504. The van der Waals surface area contributed by atoms with Crippen molar-refractivity contribution in [1.82, 2.24) is 5.32 Å². The molecule has 1 rings (SSSR count). The van der Waals surface area contributed by atoms with Crippen molar-refractivity contribution >= 4 is 17.9 Å². The first-order chi connectivity index (χ1) is 11.6. The molecule has 0 aliphatic heterocycles. The third-order valence-electron chi connectivity index (χ3n) is 3.06. The number of carbonyl (C=O) groups excluding carboxylic acids is 2. The molecule has 0 saturated carbocycles. The number of hydrogen-bond donors (Lipinski definition) is 1. The molecule has 0 aliphatic rings. The minimum atomic E-state index is -0.591. The summed E-state index contributed by atoms with van der Waals surface area (Å²) >= 11 is 0. The van der Waals surface area contributed by atoms with Crippen molar-refractivity contribution in [3.05, 3.63) is 24.3 Å². The fraction of sp³-hybridized carbons (Fsp3) is 0.529. The molecule has 7 heteroatoms. The van der Waals surface area contributed by atoms with Gasteiger partial charge in [-0.3, -0.25) is 4.90 Å². The van der Waals surface area contributed by atoms with Crippen LogP contribution in [0.4, 0.5) is 15.3 Å². The highest BCUT2D eigenvalue weighted by molar-refractivity contribution is 5.88. The Morgan fingerprint density at radius 2 is 1.71 bits per heavy atom. The van der Waals surface area contributed by atoms with E-state index in [-0.39, 0.29) is 19.9 Å². The molecule has 0 atom stereocenters. The van der Waals surface area contributed by atoms with Crippen molar-refractivity contribution in [3.63, 3.8) is 0 Å². The van der Waals surface area contributed by atoms with Gasteiger partial charge in [-0.1, -0.05) is 13.3 Å². The number of alkyl carbamates (subject to hydrolysis) is 1. The van der Waals surface area contributed by atoms with Crippen LogP contribution in [0.25, 0.3) is 0 Å². The SMILES string of the molecule is CCCCOc1ccc(N(CNC(=O)OCC)C(=O)OCC)cc1. The highest BCUT2D eigenvalue weighted by Crippen LogP contribution is 2.20. The van der Waals surface area contributed by atoms with Gasteiger partial charge in [0.2, 0.25) is 0 Å². The van der Waals surface area contributed by atoms with Gasteiger partial charge in [0, 0.05) is 5.69 Å². The minimum Gasteiger partial charge on any atom is -0.494 e. The molecule has 1 N–H and O–H groups in total. The maximum atomic E-state index is 12.1. The number of hydrogen-bond acceptors (Lipinski definition) is 5. The third-order valence-corrected chi connectivity index (χ3v) is 3.06. The monoisotopic (exact) mass is 338 g/mol. The van der Waals surface area contributed by atoms with E-state index in [1.54, 1.807) is 38.1 Å².